The molecule has 5 nitrogen and oxygen atoms in total. The number of pyridine rings is 1. The molecule has 0 aliphatic carbocycles. The van der Waals surface area contributed by atoms with E-state index in [9.17, 15) is 0 Å². The van der Waals surface area contributed by atoms with Crippen LogP contribution < -0.4 is 10.1 Å². The molecule has 1 N–H and O–H groups in total. The van der Waals surface area contributed by atoms with Gasteiger partial charge in [0.05, 0.1) is 12.8 Å². The zero-order valence-electron chi connectivity index (χ0n) is 12.6. The van der Waals surface area contributed by atoms with Crippen LogP contribution in [0.5, 0.6) is 5.88 Å². The lowest BCUT2D eigenvalue weighted by molar-refractivity contribution is 0.398. The Hall–Kier alpha value is -2.17. The van der Waals surface area contributed by atoms with Gasteiger partial charge in [-0.05, 0) is 6.07 Å². The minimum Gasteiger partial charge on any atom is -0.481 e. The van der Waals surface area contributed by atoms with Gasteiger partial charge in [0.2, 0.25) is 5.88 Å². The smallest absolute Gasteiger partial charge is 0.212 e. The molecule has 0 bridgehead atoms. The molecule has 2 aromatic rings. The first kappa shape index (κ1) is 14.2. The van der Waals surface area contributed by atoms with Crippen molar-refractivity contribution in [1.29, 1.82) is 0 Å². The summed E-state index contributed by atoms with van der Waals surface area (Å²) in [7, 11) is 3.45. The van der Waals surface area contributed by atoms with Crippen LogP contribution in [0.25, 0.3) is 11.3 Å². The number of rotatable bonds is 3. The lowest BCUT2D eigenvalue weighted by Crippen LogP contribution is -2.17. The van der Waals surface area contributed by atoms with Crippen molar-refractivity contribution < 1.29 is 4.74 Å². The van der Waals surface area contributed by atoms with E-state index in [2.05, 4.69) is 41.0 Å². The van der Waals surface area contributed by atoms with Crippen LogP contribution in [0.4, 0.5) is 5.82 Å². The molecule has 0 aromatic carbocycles. The molecule has 0 saturated carbocycles. The Morgan fingerprint density at radius 3 is 2.40 bits per heavy atom. The Labute approximate surface area is 119 Å². The van der Waals surface area contributed by atoms with E-state index >= 15 is 0 Å². The van der Waals surface area contributed by atoms with Gasteiger partial charge >= 0.3 is 0 Å². The van der Waals surface area contributed by atoms with Crippen molar-refractivity contribution in [2.24, 2.45) is 0 Å². The number of nitrogens with one attached hydrogen (secondary N) is 1. The van der Waals surface area contributed by atoms with Crippen LogP contribution in [0.3, 0.4) is 0 Å². The summed E-state index contributed by atoms with van der Waals surface area (Å²) in [5.74, 6) is 2.19. The first-order valence-corrected chi connectivity index (χ1v) is 6.52. The molecule has 0 saturated heterocycles. The molecule has 0 unspecified atom stereocenters. The molecule has 106 valence electrons. The fraction of sp³-hybridized carbons (Fsp3) is 0.400. The quantitative estimate of drug-likeness (QED) is 0.931. The maximum atomic E-state index is 5.07. The summed E-state index contributed by atoms with van der Waals surface area (Å²) in [4.78, 5) is 13.4. The number of anilines is 1. The molecular formula is C15H20N4O. The van der Waals surface area contributed by atoms with Gasteiger partial charge in [-0.15, -0.1) is 0 Å². The highest BCUT2D eigenvalue weighted by molar-refractivity contribution is 5.62. The van der Waals surface area contributed by atoms with Crippen LogP contribution in [0.1, 0.15) is 26.6 Å². The lowest BCUT2D eigenvalue weighted by atomic mass is 9.95. The van der Waals surface area contributed by atoms with Crippen molar-refractivity contribution in [1.82, 2.24) is 15.0 Å². The Morgan fingerprint density at radius 1 is 1.15 bits per heavy atom. The normalized spacial score (nSPS) is 11.2. The maximum absolute atomic E-state index is 5.07. The van der Waals surface area contributed by atoms with Crippen molar-refractivity contribution in [2.45, 2.75) is 26.2 Å². The summed E-state index contributed by atoms with van der Waals surface area (Å²) in [5.41, 5.74) is 1.68. The van der Waals surface area contributed by atoms with Crippen LogP contribution in [0.2, 0.25) is 0 Å². The van der Waals surface area contributed by atoms with E-state index in [1.54, 1.807) is 13.3 Å². The molecule has 0 amide bonds. The summed E-state index contributed by atoms with van der Waals surface area (Å²) in [6.45, 7) is 6.29. The van der Waals surface area contributed by atoms with Crippen molar-refractivity contribution in [2.75, 3.05) is 19.5 Å². The maximum Gasteiger partial charge on any atom is 0.212 e. The van der Waals surface area contributed by atoms with Crippen molar-refractivity contribution in [3.63, 3.8) is 0 Å². The van der Waals surface area contributed by atoms with Gasteiger partial charge in [0.25, 0.3) is 0 Å². The number of aromatic nitrogens is 3. The van der Waals surface area contributed by atoms with Gasteiger partial charge in [-0.25, -0.2) is 15.0 Å². The van der Waals surface area contributed by atoms with E-state index in [1.165, 1.54) is 0 Å². The van der Waals surface area contributed by atoms with E-state index in [4.69, 9.17) is 4.74 Å². The fourth-order valence-corrected chi connectivity index (χ4v) is 1.71. The van der Waals surface area contributed by atoms with E-state index in [0.717, 1.165) is 22.9 Å². The highest BCUT2D eigenvalue weighted by atomic mass is 16.5. The van der Waals surface area contributed by atoms with Crippen molar-refractivity contribution >= 4 is 5.82 Å². The summed E-state index contributed by atoms with van der Waals surface area (Å²) in [6.07, 6.45) is 1.76. The van der Waals surface area contributed by atoms with Crippen LogP contribution in [-0.2, 0) is 5.41 Å². The highest BCUT2D eigenvalue weighted by Crippen LogP contribution is 2.25. The largest absolute Gasteiger partial charge is 0.481 e. The molecule has 0 radical (unpaired) electrons. The van der Waals surface area contributed by atoms with Crippen molar-refractivity contribution in [3.05, 3.63) is 30.2 Å². The summed E-state index contributed by atoms with van der Waals surface area (Å²) >= 11 is 0. The molecule has 20 heavy (non-hydrogen) atoms. The van der Waals surface area contributed by atoms with Crippen LogP contribution in [0, 0.1) is 0 Å². The standard InChI is InChI=1S/C15H20N4O/c1-15(2,3)14-18-11(8-12(16-4)19-14)10-6-7-13(20-5)17-9-10/h6-9H,1-5H3,(H,16,18,19). The first-order chi connectivity index (χ1) is 9.44. The Kier molecular flexibility index (Phi) is 3.88. The van der Waals surface area contributed by atoms with Crippen molar-refractivity contribution in [3.8, 4) is 17.1 Å². The zero-order chi connectivity index (χ0) is 14.8. The predicted octanol–water partition coefficient (Wildman–Crippen LogP) is 2.89. The number of nitrogens with zero attached hydrogens (tertiary/aromatic N) is 3. The fourth-order valence-electron chi connectivity index (χ4n) is 1.71. The van der Waals surface area contributed by atoms with Crippen LogP contribution in [0.15, 0.2) is 24.4 Å². The topological polar surface area (TPSA) is 59.9 Å². The molecule has 0 aliphatic heterocycles. The summed E-state index contributed by atoms with van der Waals surface area (Å²) < 4.78 is 5.07. The first-order valence-electron chi connectivity index (χ1n) is 6.52. The van der Waals surface area contributed by atoms with Gasteiger partial charge in [0.15, 0.2) is 0 Å². The minimum atomic E-state index is -0.110. The summed E-state index contributed by atoms with van der Waals surface area (Å²) in [6, 6.07) is 5.69. The molecule has 0 atom stereocenters. The Morgan fingerprint density at radius 2 is 1.90 bits per heavy atom. The molecule has 2 rings (SSSR count). The Bertz CT molecular complexity index is 588. The lowest BCUT2D eigenvalue weighted by Gasteiger charge is -2.18. The van der Waals surface area contributed by atoms with Gasteiger partial charge < -0.3 is 10.1 Å². The second kappa shape index (κ2) is 5.45. The van der Waals surface area contributed by atoms with Gasteiger partial charge in [0, 0.05) is 36.4 Å². The van der Waals surface area contributed by atoms with E-state index < -0.39 is 0 Å². The van der Waals surface area contributed by atoms with Gasteiger partial charge in [-0.2, -0.15) is 0 Å². The second-order valence-electron chi connectivity index (χ2n) is 5.55. The van der Waals surface area contributed by atoms with E-state index in [1.807, 2.05) is 25.2 Å². The molecular weight excluding hydrogens is 252 g/mol. The monoisotopic (exact) mass is 272 g/mol. The third-order valence-corrected chi connectivity index (χ3v) is 2.89. The third-order valence-electron chi connectivity index (χ3n) is 2.89. The van der Waals surface area contributed by atoms with E-state index in [0.29, 0.717) is 5.88 Å². The number of ether oxygens (including phenoxy) is 1. The number of hydrogen-bond donors (Lipinski definition) is 1. The highest BCUT2D eigenvalue weighted by Gasteiger charge is 2.19. The minimum absolute atomic E-state index is 0.110. The third kappa shape index (κ3) is 3.04. The average Bonchev–Trinajstić information content (AvgIpc) is 2.46. The molecule has 0 fully saturated rings. The molecule has 5 heteroatoms. The number of hydrogen-bond acceptors (Lipinski definition) is 5. The van der Waals surface area contributed by atoms with E-state index in [-0.39, 0.29) is 5.41 Å². The Balaban J connectivity index is 2.49. The molecule has 2 aromatic heterocycles. The van der Waals surface area contributed by atoms with Crippen LogP contribution >= 0.6 is 0 Å². The SMILES string of the molecule is CNc1cc(-c2ccc(OC)nc2)nc(C(C)(C)C)n1. The summed E-state index contributed by atoms with van der Waals surface area (Å²) in [5, 5.41) is 3.08. The van der Waals surface area contributed by atoms with Gasteiger partial charge in [-0.1, -0.05) is 20.8 Å². The van der Waals surface area contributed by atoms with Crippen LogP contribution in [-0.4, -0.2) is 29.1 Å². The average molecular weight is 272 g/mol. The molecule has 2 heterocycles. The second-order valence-corrected chi connectivity index (χ2v) is 5.55. The van der Waals surface area contributed by atoms with Gasteiger partial charge in [-0.3, -0.25) is 0 Å². The number of methoxy groups -OCH3 is 1. The molecule has 0 aliphatic rings. The van der Waals surface area contributed by atoms with Gasteiger partial charge in [0.1, 0.15) is 11.6 Å². The predicted molar refractivity (Wildman–Crippen MR) is 80.1 cm³/mol. The zero-order valence-corrected chi connectivity index (χ0v) is 12.6. The molecule has 0 spiro atoms.